The molecule has 1 saturated carbocycles. The van der Waals surface area contributed by atoms with E-state index in [4.69, 9.17) is 4.98 Å². The SMILES string of the molecule is O=c1cc(C2CCN(CC3(O)CCC3)C2)nc(N2CCCC2)[nH]1. The molecule has 2 aliphatic heterocycles. The predicted octanol–water partition coefficient (Wildman–Crippen LogP) is 1.07. The molecule has 2 N–H and O–H groups in total. The van der Waals surface area contributed by atoms with E-state index >= 15 is 0 Å². The van der Waals surface area contributed by atoms with Crippen molar-refractivity contribution in [3.63, 3.8) is 0 Å². The van der Waals surface area contributed by atoms with Crippen molar-refractivity contribution < 1.29 is 5.11 Å². The summed E-state index contributed by atoms with van der Waals surface area (Å²) < 4.78 is 0. The second-order valence-electron chi connectivity index (χ2n) is 7.49. The zero-order valence-electron chi connectivity index (χ0n) is 13.6. The van der Waals surface area contributed by atoms with Gasteiger partial charge in [-0.3, -0.25) is 14.7 Å². The van der Waals surface area contributed by atoms with Gasteiger partial charge in [0.1, 0.15) is 0 Å². The zero-order valence-corrected chi connectivity index (χ0v) is 13.6. The van der Waals surface area contributed by atoms with Gasteiger partial charge in [0.05, 0.1) is 11.3 Å². The van der Waals surface area contributed by atoms with Crippen LogP contribution in [-0.4, -0.2) is 58.3 Å². The molecule has 1 aromatic rings. The largest absolute Gasteiger partial charge is 0.389 e. The van der Waals surface area contributed by atoms with Crippen molar-refractivity contribution >= 4 is 5.95 Å². The Labute approximate surface area is 136 Å². The summed E-state index contributed by atoms with van der Waals surface area (Å²) in [5.41, 5.74) is 0.406. The highest BCUT2D eigenvalue weighted by Crippen LogP contribution is 2.35. The number of aromatic amines is 1. The average Bonchev–Trinajstić information content (AvgIpc) is 3.16. The molecule has 0 amide bonds. The molecule has 23 heavy (non-hydrogen) atoms. The number of aliphatic hydroxyl groups is 1. The Morgan fingerprint density at radius 1 is 1.26 bits per heavy atom. The summed E-state index contributed by atoms with van der Waals surface area (Å²) in [5.74, 6) is 1.04. The fourth-order valence-electron chi connectivity index (χ4n) is 4.13. The first-order chi connectivity index (χ1) is 11.1. The van der Waals surface area contributed by atoms with Crippen LogP contribution in [0.5, 0.6) is 0 Å². The van der Waals surface area contributed by atoms with Crippen molar-refractivity contribution in [2.24, 2.45) is 0 Å². The molecule has 0 radical (unpaired) electrons. The van der Waals surface area contributed by atoms with Crippen molar-refractivity contribution in [1.29, 1.82) is 0 Å². The van der Waals surface area contributed by atoms with Crippen molar-refractivity contribution in [1.82, 2.24) is 14.9 Å². The highest BCUT2D eigenvalue weighted by atomic mass is 16.3. The number of hydrogen-bond acceptors (Lipinski definition) is 5. The minimum Gasteiger partial charge on any atom is -0.389 e. The van der Waals surface area contributed by atoms with E-state index in [1.165, 1.54) is 12.8 Å². The molecule has 1 aromatic heterocycles. The molecule has 6 heteroatoms. The third-order valence-corrected chi connectivity index (χ3v) is 5.65. The summed E-state index contributed by atoms with van der Waals surface area (Å²) in [6.45, 7) is 4.62. The van der Waals surface area contributed by atoms with Gasteiger partial charge < -0.3 is 10.0 Å². The van der Waals surface area contributed by atoms with Crippen LogP contribution in [0.3, 0.4) is 0 Å². The van der Waals surface area contributed by atoms with Crippen LogP contribution >= 0.6 is 0 Å². The number of aromatic nitrogens is 2. The molecule has 2 saturated heterocycles. The number of nitrogens with one attached hydrogen (secondary N) is 1. The summed E-state index contributed by atoms with van der Waals surface area (Å²) in [6.07, 6.45) is 6.36. The number of β-amino-alcohol motifs (C(OH)–C–C–N with tert-alkyl or cyclic N) is 1. The molecule has 0 bridgehead atoms. The standard InChI is InChI=1S/C17H26N4O2/c22-15-10-14(18-16(19-15)21-7-1-2-8-21)13-4-9-20(11-13)12-17(23)5-3-6-17/h10,13,23H,1-9,11-12H2,(H,18,19,22). The number of likely N-dealkylation sites (tertiary alicyclic amines) is 1. The molecule has 3 heterocycles. The molecule has 0 aromatic carbocycles. The Kier molecular flexibility index (Phi) is 3.89. The lowest BCUT2D eigenvalue weighted by Crippen LogP contribution is -2.47. The molecule has 0 spiro atoms. The highest BCUT2D eigenvalue weighted by molar-refractivity contribution is 5.32. The smallest absolute Gasteiger partial charge is 0.252 e. The van der Waals surface area contributed by atoms with Crippen molar-refractivity contribution in [3.05, 3.63) is 22.1 Å². The van der Waals surface area contributed by atoms with Gasteiger partial charge >= 0.3 is 0 Å². The number of anilines is 1. The minimum atomic E-state index is -0.461. The highest BCUT2D eigenvalue weighted by Gasteiger charge is 2.38. The lowest BCUT2D eigenvalue weighted by atomic mass is 9.80. The topological polar surface area (TPSA) is 72.5 Å². The maximum atomic E-state index is 12.0. The molecule has 3 aliphatic rings. The van der Waals surface area contributed by atoms with Crippen LogP contribution in [0.4, 0.5) is 5.95 Å². The van der Waals surface area contributed by atoms with E-state index in [0.29, 0.717) is 5.92 Å². The lowest BCUT2D eigenvalue weighted by molar-refractivity contribution is -0.0549. The van der Waals surface area contributed by atoms with E-state index < -0.39 is 5.60 Å². The van der Waals surface area contributed by atoms with E-state index in [-0.39, 0.29) is 5.56 Å². The van der Waals surface area contributed by atoms with Crippen LogP contribution in [0.1, 0.15) is 50.1 Å². The van der Waals surface area contributed by atoms with Gasteiger partial charge in [-0.25, -0.2) is 4.98 Å². The third kappa shape index (κ3) is 3.15. The van der Waals surface area contributed by atoms with Crippen LogP contribution in [0.25, 0.3) is 0 Å². The van der Waals surface area contributed by atoms with E-state index in [0.717, 1.165) is 70.0 Å². The fourth-order valence-corrected chi connectivity index (χ4v) is 4.13. The quantitative estimate of drug-likeness (QED) is 0.869. The molecular formula is C17H26N4O2. The number of rotatable bonds is 4. The third-order valence-electron chi connectivity index (χ3n) is 5.65. The van der Waals surface area contributed by atoms with E-state index in [2.05, 4.69) is 14.8 Å². The molecule has 3 fully saturated rings. The van der Waals surface area contributed by atoms with Crippen molar-refractivity contribution in [2.45, 2.75) is 50.0 Å². The Morgan fingerprint density at radius 3 is 2.74 bits per heavy atom. The first kappa shape index (κ1) is 15.1. The van der Waals surface area contributed by atoms with Gasteiger partial charge in [-0.2, -0.15) is 0 Å². The first-order valence-electron chi connectivity index (χ1n) is 8.92. The molecule has 126 valence electrons. The first-order valence-corrected chi connectivity index (χ1v) is 8.92. The summed E-state index contributed by atoms with van der Waals surface area (Å²) in [6, 6.07) is 1.66. The van der Waals surface area contributed by atoms with Crippen LogP contribution in [0.2, 0.25) is 0 Å². The van der Waals surface area contributed by atoms with E-state index in [9.17, 15) is 9.90 Å². The molecule has 1 atom stereocenters. The van der Waals surface area contributed by atoms with Gasteiger partial charge in [-0.05, 0) is 45.1 Å². The summed E-state index contributed by atoms with van der Waals surface area (Å²) >= 11 is 0. The Hall–Kier alpha value is -1.40. The van der Waals surface area contributed by atoms with Crippen LogP contribution in [0.15, 0.2) is 10.9 Å². The van der Waals surface area contributed by atoms with Gasteiger partial charge in [-0.15, -0.1) is 0 Å². The van der Waals surface area contributed by atoms with Gasteiger partial charge in [0, 0.05) is 38.2 Å². The average molecular weight is 318 g/mol. The molecule has 6 nitrogen and oxygen atoms in total. The van der Waals surface area contributed by atoms with E-state index in [1.807, 2.05) is 0 Å². The Balaban J connectivity index is 1.46. The summed E-state index contributed by atoms with van der Waals surface area (Å²) in [7, 11) is 0. The minimum absolute atomic E-state index is 0.0482. The summed E-state index contributed by atoms with van der Waals surface area (Å²) in [4.78, 5) is 24.2. The second kappa shape index (κ2) is 5.91. The fraction of sp³-hybridized carbons (Fsp3) is 0.765. The van der Waals surface area contributed by atoms with E-state index in [1.54, 1.807) is 6.07 Å². The number of nitrogens with zero attached hydrogens (tertiary/aromatic N) is 3. The monoisotopic (exact) mass is 318 g/mol. The van der Waals surface area contributed by atoms with Gasteiger partial charge in [0.15, 0.2) is 0 Å². The van der Waals surface area contributed by atoms with Gasteiger partial charge in [0.25, 0.3) is 5.56 Å². The second-order valence-corrected chi connectivity index (χ2v) is 7.49. The Morgan fingerprint density at radius 2 is 2.04 bits per heavy atom. The number of hydrogen-bond donors (Lipinski definition) is 2. The predicted molar refractivity (Wildman–Crippen MR) is 88.9 cm³/mol. The van der Waals surface area contributed by atoms with Crippen molar-refractivity contribution in [3.8, 4) is 0 Å². The summed E-state index contributed by atoms with van der Waals surface area (Å²) in [5, 5.41) is 10.3. The van der Waals surface area contributed by atoms with Crippen LogP contribution in [-0.2, 0) is 0 Å². The zero-order chi connectivity index (χ0) is 15.9. The lowest BCUT2D eigenvalue weighted by Gasteiger charge is -2.39. The molecular weight excluding hydrogens is 292 g/mol. The maximum Gasteiger partial charge on any atom is 0.252 e. The molecule has 1 aliphatic carbocycles. The molecule has 4 rings (SSSR count). The molecule has 1 unspecified atom stereocenters. The Bertz CT molecular complexity index is 619. The van der Waals surface area contributed by atoms with Crippen LogP contribution in [0, 0.1) is 0 Å². The van der Waals surface area contributed by atoms with Crippen LogP contribution < -0.4 is 10.5 Å². The normalized spacial score (nSPS) is 27.3. The van der Waals surface area contributed by atoms with Gasteiger partial charge in [0.2, 0.25) is 5.95 Å². The van der Waals surface area contributed by atoms with Gasteiger partial charge in [-0.1, -0.05) is 0 Å². The van der Waals surface area contributed by atoms with Crippen molar-refractivity contribution in [2.75, 3.05) is 37.6 Å². The maximum absolute atomic E-state index is 12.0. The number of H-pyrrole nitrogens is 1.